The van der Waals surface area contributed by atoms with Crippen molar-refractivity contribution in [3.8, 4) is 11.5 Å². The monoisotopic (exact) mass is 320 g/mol. The van der Waals surface area contributed by atoms with Gasteiger partial charge in [-0.2, -0.15) is 0 Å². The molecule has 0 unspecified atom stereocenters. The van der Waals surface area contributed by atoms with E-state index in [4.69, 9.17) is 14.2 Å². The smallest absolute Gasteiger partial charge is 0.262 e. The van der Waals surface area contributed by atoms with Crippen molar-refractivity contribution in [2.24, 2.45) is 0 Å². The highest BCUT2D eigenvalue weighted by molar-refractivity contribution is 5.78. The fraction of sp³-hybridized carbons (Fsp3) is 0.588. The number of piperidine rings is 1. The summed E-state index contributed by atoms with van der Waals surface area (Å²) in [6.07, 6.45) is 1.72. The zero-order chi connectivity index (χ0) is 16.3. The van der Waals surface area contributed by atoms with Gasteiger partial charge in [0.2, 0.25) is 0 Å². The largest absolute Gasteiger partial charge is 0.497 e. The molecule has 1 aromatic carbocycles. The number of carbonyl (C=O) groups excluding carboxylic acids is 1. The van der Waals surface area contributed by atoms with Crippen molar-refractivity contribution in [3.05, 3.63) is 24.3 Å². The summed E-state index contributed by atoms with van der Waals surface area (Å²) in [4.78, 5) is 16.7. The average molecular weight is 320 g/mol. The minimum absolute atomic E-state index is 0.0112. The number of methoxy groups -OCH3 is 1. The summed E-state index contributed by atoms with van der Waals surface area (Å²) in [6, 6.07) is 7.24. The molecular formula is C17H24N2O4. The Labute approximate surface area is 136 Å². The van der Waals surface area contributed by atoms with Gasteiger partial charge in [-0.25, -0.2) is 0 Å². The number of benzene rings is 1. The maximum Gasteiger partial charge on any atom is 0.262 e. The average Bonchev–Trinajstić information content (AvgIpc) is 2.99. The molecule has 0 aliphatic carbocycles. The van der Waals surface area contributed by atoms with Crippen LogP contribution in [-0.4, -0.2) is 68.4 Å². The Morgan fingerprint density at radius 2 is 1.83 bits per heavy atom. The fourth-order valence-corrected chi connectivity index (χ4v) is 3.24. The topological polar surface area (TPSA) is 51.2 Å². The van der Waals surface area contributed by atoms with Crippen LogP contribution in [0.1, 0.15) is 12.8 Å². The van der Waals surface area contributed by atoms with Crippen LogP contribution in [0.5, 0.6) is 11.5 Å². The van der Waals surface area contributed by atoms with Gasteiger partial charge in [0, 0.05) is 32.5 Å². The van der Waals surface area contributed by atoms with Gasteiger partial charge in [-0.3, -0.25) is 4.79 Å². The molecule has 6 nitrogen and oxygen atoms in total. The van der Waals surface area contributed by atoms with Crippen molar-refractivity contribution >= 4 is 5.91 Å². The van der Waals surface area contributed by atoms with E-state index in [1.807, 2.05) is 17.0 Å². The van der Waals surface area contributed by atoms with Gasteiger partial charge >= 0.3 is 0 Å². The molecule has 1 spiro atoms. The minimum Gasteiger partial charge on any atom is -0.497 e. The van der Waals surface area contributed by atoms with Crippen molar-refractivity contribution in [3.63, 3.8) is 0 Å². The first-order chi connectivity index (χ1) is 11.1. The van der Waals surface area contributed by atoms with Crippen molar-refractivity contribution in [1.82, 2.24) is 9.80 Å². The van der Waals surface area contributed by atoms with Crippen LogP contribution in [0.15, 0.2) is 24.3 Å². The maximum atomic E-state index is 12.6. The van der Waals surface area contributed by atoms with Gasteiger partial charge in [0.15, 0.2) is 6.61 Å². The molecule has 1 aromatic rings. The summed E-state index contributed by atoms with van der Waals surface area (Å²) in [5, 5.41) is 0. The van der Waals surface area contributed by atoms with Crippen LogP contribution in [0.4, 0.5) is 0 Å². The third kappa shape index (κ3) is 3.43. The number of hydrogen-bond donors (Lipinski definition) is 0. The molecular weight excluding hydrogens is 296 g/mol. The third-order valence-corrected chi connectivity index (χ3v) is 4.67. The quantitative estimate of drug-likeness (QED) is 0.838. The molecule has 0 saturated carbocycles. The van der Waals surface area contributed by atoms with Crippen LogP contribution >= 0.6 is 0 Å². The lowest BCUT2D eigenvalue weighted by Crippen LogP contribution is -2.55. The van der Waals surface area contributed by atoms with E-state index in [-0.39, 0.29) is 12.5 Å². The SMILES string of the molecule is COc1ccc(OCC(=O)N2CCOC23CCN(C)CC3)cc1. The fourth-order valence-electron chi connectivity index (χ4n) is 3.24. The van der Waals surface area contributed by atoms with Crippen LogP contribution in [0.25, 0.3) is 0 Å². The van der Waals surface area contributed by atoms with Gasteiger partial charge in [-0.15, -0.1) is 0 Å². The molecule has 0 N–H and O–H groups in total. The number of carbonyl (C=O) groups is 1. The Balaban J connectivity index is 1.58. The second kappa shape index (κ2) is 6.76. The number of hydrogen-bond acceptors (Lipinski definition) is 5. The Kier molecular flexibility index (Phi) is 4.73. The number of likely N-dealkylation sites (tertiary alicyclic amines) is 1. The molecule has 0 radical (unpaired) electrons. The summed E-state index contributed by atoms with van der Waals surface area (Å²) in [6.45, 7) is 3.19. The van der Waals surface area contributed by atoms with Gasteiger partial charge < -0.3 is 24.0 Å². The zero-order valence-corrected chi connectivity index (χ0v) is 13.8. The Hall–Kier alpha value is -1.79. The highest BCUT2D eigenvalue weighted by Crippen LogP contribution is 2.34. The molecule has 6 heteroatoms. The predicted molar refractivity (Wildman–Crippen MR) is 85.6 cm³/mol. The molecule has 0 atom stereocenters. The number of rotatable bonds is 4. The summed E-state index contributed by atoms with van der Waals surface area (Å²) in [7, 11) is 3.72. The maximum absolute atomic E-state index is 12.6. The molecule has 1 amide bonds. The molecule has 2 aliphatic rings. The molecule has 23 heavy (non-hydrogen) atoms. The Morgan fingerprint density at radius 1 is 1.17 bits per heavy atom. The molecule has 2 heterocycles. The van der Waals surface area contributed by atoms with Gasteiger partial charge in [-0.1, -0.05) is 0 Å². The van der Waals surface area contributed by atoms with E-state index >= 15 is 0 Å². The van der Waals surface area contributed by atoms with Crippen LogP contribution in [-0.2, 0) is 9.53 Å². The lowest BCUT2D eigenvalue weighted by molar-refractivity contribution is -0.159. The number of nitrogens with zero attached hydrogens (tertiary/aromatic N) is 2. The summed E-state index contributed by atoms with van der Waals surface area (Å²) in [5.74, 6) is 1.42. The summed E-state index contributed by atoms with van der Waals surface area (Å²) >= 11 is 0. The molecule has 2 aliphatic heterocycles. The van der Waals surface area contributed by atoms with Crippen LogP contribution in [0.3, 0.4) is 0 Å². The Morgan fingerprint density at radius 3 is 2.48 bits per heavy atom. The standard InChI is InChI=1S/C17H24N2O4/c1-18-9-7-17(8-10-18)19(11-12-23-17)16(20)13-22-15-5-3-14(21-2)4-6-15/h3-6H,7-13H2,1-2H3. The number of ether oxygens (including phenoxy) is 3. The highest BCUT2D eigenvalue weighted by atomic mass is 16.5. The predicted octanol–water partition coefficient (Wildman–Crippen LogP) is 1.35. The van der Waals surface area contributed by atoms with E-state index in [0.29, 0.717) is 18.9 Å². The van der Waals surface area contributed by atoms with Crippen LogP contribution in [0.2, 0.25) is 0 Å². The van der Waals surface area contributed by atoms with E-state index in [2.05, 4.69) is 11.9 Å². The number of amides is 1. The first-order valence-corrected chi connectivity index (χ1v) is 8.03. The molecule has 0 bridgehead atoms. The van der Waals surface area contributed by atoms with E-state index in [9.17, 15) is 4.79 Å². The Bertz CT molecular complexity index is 538. The minimum atomic E-state index is -0.424. The third-order valence-electron chi connectivity index (χ3n) is 4.67. The van der Waals surface area contributed by atoms with E-state index < -0.39 is 5.72 Å². The lowest BCUT2D eigenvalue weighted by atomic mass is 9.99. The van der Waals surface area contributed by atoms with Crippen molar-refractivity contribution in [2.75, 3.05) is 47.0 Å². The first-order valence-electron chi connectivity index (χ1n) is 8.03. The van der Waals surface area contributed by atoms with Crippen LogP contribution < -0.4 is 9.47 Å². The lowest BCUT2D eigenvalue weighted by Gasteiger charge is -2.42. The molecule has 126 valence electrons. The van der Waals surface area contributed by atoms with Crippen molar-refractivity contribution in [2.45, 2.75) is 18.6 Å². The molecule has 0 aromatic heterocycles. The summed E-state index contributed by atoms with van der Waals surface area (Å²) in [5.41, 5.74) is -0.424. The van der Waals surface area contributed by atoms with Gasteiger partial charge in [0.1, 0.15) is 17.2 Å². The molecule has 2 fully saturated rings. The van der Waals surface area contributed by atoms with E-state index in [1.54, 1.807) is 19.2 Å². The highest BCUT2D eigenvalue weighted by Gasteiger charge is 2.46. The second-order valence-electron chi connectivity index (χ2n) is 6.11. The molecule has 3 rings (SSSR count). The van der Waals surface area contributed by atoms with Gasteiger partial charge in [-0.05, 0) is 31.3 Å². The van der Waals surface area contributed by atoms with Gasteiger partial charge in [0.25, 0.3) is 5.91 Å². The normalized spacial score (nSPS) is 20.7. The van der Waals surface area contributed by atoms with Gasteiger partial charge in [0.05, 0.1) is 13.7 Å². The summed E-state index contributed by atoms with van der Waals surface area (Å²) < 4.78 is 16.7. The van der Waals surface area contributed by atoms with Crippen molar-refractivity contribution in [1.29, 1.82) is 0 Å². The van der Waals surface area contributed by atoms with E-state index in [0.717, 1.165) is 31.7 Å². The second-order valence-corrected chi connectivity index (χ2v) is 6.11. The van der Waals surface area contributed by atoms with Crippen molar-refractivity contribution < 1.29 is 19.0 Å². The van der Waals surface area contributed by atoms with Crippen LogP contribution in [0, 0.1) is 0 Å². The first kappa shape index (κ1) is 16.1. The van der Waals surface area contributed by atoms with E-state index in [1.165, 1.54) is 0 Å². The molecule has 2 saturated heterocycles. The zero-order valence-electron chi connectivity index (χ0n) is 13.8.